The highest BCUT2D eigenvalue weighted by Gasteiger charge is 2.25. The number of anilines is 1. The van der Waals surface area contributed by atoms with Crippen LogP contribution in [0.1, 0.15) is 12.1 Å². The lowest BCUT2D eigenvalue weighted by Gasteiger charge is -2.01. The highest BCUT2D eigenvalue weighted by atomic mass is 35.5. The van der Waals surface area contributed by atoms with E-state index in [1.54, 1.807) is 0 Å². The van der Waals surface area contributed by atoms with Gasteiger partial charge in [0.25, 0.3) is 0 Å². The van der Waals surface area contributed by atoms with E-state index < -0.39 is 27.9 Å². The van der Waals surface area contributed by atoms with Gasteiger partial charge in [0, 0.05) is 0 Å². The quantitative estimate of drug-likeness (QED) is 0.615. The van der Waals surface area contributed by atoms with Crippen molar-refractivity contribution in [3.63, 3.8) is 0 Å². The van der Waals surface area contributed by atoms with Gasteiger partial charge in [-0.15, -0.1) is 0 Å². The predicted octanol–water partition coefficient (Wildman–Crippen LogP) is 2.16. The second-order valence-corrected chi connectivity index (χ2v) is 2.70. The van der Waals surface area contributed by atoms with Crippen molar-refractivity contribution in [1.29, 1.82) is 0 Å². The summed E-state index contributed by atoms with van der Waals surface area (Å²) >= 11 is 5.37. The first kappa shape index (κ1) is 10.6. The Hall–Kier alpha value is -1.50. The molecule has 1 aromatic rings. The van der Waals surface area contributed by atoms with Crippen LogP contribution in [0, 0.1) is 10.1 Å². The smallest absolute Gasteiger partial charge is 0.366 e. The first-order valence-corrected chi connectivity index (χ1v) is 3.69. The molecule has 0 radical (unpaired) electrons. The van der Waals surface area contributed by atoms with Crippen LogP contribution in [-0.4, -0.2) is 9.91 Å². The minimum atomic E-state index is -3.00. The van der Waals surface area contributed by atoms with E-state index in [0.29, 0.717) is 0 Å². The van der Waals surface area contributed by atoms with Gasteiger partial charge in [-0.2, -0.15) is 0 Å². The van der Waals surface area contributed by atoms with Crippen molar-refractivity contribution in [2.24, 2.45) is 0 Å². The molecule has 0 amide bonds. The van der Waals surface area contributed by atoms with Crippen molar-refractivity contribution in [3.05, 3.63) is 26.9 Å². The van der Waals surface area contributed by atoms with Crippen LogP contribution in [0.25, 0.3) is 0 Å². The monoisotopic (exact) mass is 223 g/mol. The second-order valence-electron chi connectivity index (χ2n) is 2.33. The number of halogens is 3. The zero-order valence-electron chi connectivity index (χ0n) is 6.58. The van der Waals surface area contributed by atoms with Gasteiger partial charge < -0.3 is 15.8 Å². The molecule has 0 aliphatic carbocycles. The Kier molecular flexibility index (Phi) is 2.80. The number of hydrogen-bond donors (Lipinski definition) is 1. The summed E-state index contributed by atoms with van der Waals surface area (Å²) in [5.41, 5.74) is 4.02. The molecule has 0 aromatic carbocycles. The molecule has 76 valence electrons. The second kappa shape index (κ2) is 3.70. The fraction of sp³-hybridized carbons (Fsp3) is 0.167. The van der Waals surface area contributed by atoms with Crippen LogP contribution < -0.4 is 5.73 Å². The van der Waals surface area contributed by atoms with Crippen molar-refractivity contribution >= 4 is 23.1 Å². The molecule has 8 heteroatoms. The van der Waals surface area contributed by atoms with Crippen LogP contribution in [0.2, 0.25) is 5.02 Å². The van der Waals surface area contributed by atoms with E-state index in [0.717, 1.165) is 6.07 Å². The molecular weight excluding hydrogens is 220 g/mol. The van der Waals surface area contributed by atoms with Crippen molar-refractivity contribution in [2.75, 3.05) is 5.73 Å². The topological polar surface area (TPSA) is 82.0 Å². The summed E-state index contributed by atoms with van der Waals surface area (Å²) in [6, 6.07) is 0.828. The molecule has 1 heterocycles. The lowest BCUT2D eigenvalue weighted by molar-refractivity contribution is -0.389. The average Bonchev–Trinajstić information content (AvgIpc) is 2.08. The number of nitrogens with two attached hydrogens (primary N) is 1. The summed E-state index contributed by atoms with van der Waals surface area (Å²) in [4.78, 5) is 12.4. The molecule has 1 aromatic heterocycles. The van der Waals surface area contributed by atoms with Gasteiger partial charge in [0.2, 0.25) is 5.69 Å². The summed E-state index contributed by atoms with van der Waals surface area (Å²) in [6.45, 7) is 0. The summed E-state index contributed by atoms with van der Waals surface area (Å²) in [5, 5.41) is 9.79. The Balaban J connectivity index is 3.35. The SMILES string of the molecule is Nc1cc([N+](=O)[O-])nc(C(F)F)c1Cl. The highest BCUT2D eigenvalue weighted by Crippen LogP contribution is 2.32. The van der Waals surface area contributed by atoms with Crippen LogP contribution in [0.4, 0.5) is 20.3 Å². The number of nitro groups is 1. The summed E-state index contributed by atoms with van der Waals surface area (Å²) in [7, 11) is 0. The van der Waals surface area contributed by atoms with Gasteiger partial charge in [-0.3, -0.25) is 0 Å². The van der Waals surface area contributed by atoms with Crippen molar-refractivity contribution in [3.8, 4) is 0 Å². The number of alkyl halides is 2. The minimum absolute atomic E-state index is 0.288. The summed E-state index contributed by atoms with van der Waals surface area (Å²) < 4.78 is 24.5. The van der Waals surface area contributed by atoms with E-state index in [1.807, 2.05) is 0 Å². The lowest BCUT2D eigenvalue weighted by atomic mass is 10.3. The van der Waals surface area contributed by atoms with Gasteiger partial charge in [0.15, 0.2) is 0 Å². The molecule has 0 aliphatic heterocycles. The molecule has 0 aliphatic rings. The summed E-state index contributed by atoms with van der Waals surface area (Å²) in [6.07, 6.45) is -3.00. The van der Waals surface area contributed by atoms with Gasteiger partial charge >= 0.3 is 12.2 Å². The summed E-state index contributed by atoms with van der Waals surface area (Å²) in [5.74, 6) is -0.748. The predicted molar refractivity (Wildman–Crippen MR) is 45.3 cm³/mol. The van der Waals surface area contributed by atoms with E-state index in [4.69, 9.17) is 17.3 Å². The van der Waals surface area contributed by atoms with Gasteiger partial charge in [-0.25, -0.2) is 8.78 Å². The molecule has 5 nitrogen and oxygen atoms in total. The van der Waals surface area contributed by atoms with E-state index in [1.165, 1.54) is 0 Å². The maximum atomic E-state index is 12.2. The zero-order chi connectivity index (χ0) is 10.9. The van der Waals surface area contributed by atoms with E-state index in [9.17, 15) is 18.9 Å². The van der Waals surface area contributed by atoms with E-state index in [2.05, 4.69) is 4.98 Å². The molecule has 14 heavy (non-hydrogen) atoms. The molecule has 0 atom stereocenters. The molecule has 0 saturated heterocycles. The lowest BCUT2D eigenvalue weighted by Crippen LogP contribution is -2.01. The first-order chi connectivity index (χ1) is 6.43. The normalized spacial score (nSPS) is 10.6. The fourth-order valence-corrected chi connectivity index (χ4v) is 0.973. The number of hydrogen-bond acceptors (Lipinski definition) is 4. The standard InChI is InChI=1S/C6H4ClF2N3O2/c7-4-2(10)1-3(12(13)14)11-5(4)6(8)9/h1,6H,(H2,10,11). The minimum Gasteiger partial charge on any atom is -0.397 e. The van der Waals surface area contributed by atoms with Crippen LogP contribution >= 0.6 is 11.6 Å². The third-order valence-corrected chi connectivity index (χ3v) is 1.80. The molecule has 1 rings (SSSR count). The fourth-order valence-electron chi connectivity index (χ4n) is 0.793. The number of rotatable bonds is 2. The molecule has 0 bridgehead atoms. The molecule has 0 unspecified atom stereocenters. The number of aromatic nitrogens is 1. The molecule has 0 spiro atoms. The number of pyridine rings is 1. The Morgan fingerprint density at radius 1 is 1.64 bits per heavy atom. The van der Waals surface area contributed by atoms with Crippen molar-refractivity contribution in [2.45, 2.75) is 6.43 Å². The number of nitrogen functional groups attached to an aromatic ring is 1. The maximum Gasteiger partial charge on any atom is 0.366 e. The Morgan fingerprint density at radius 2 is 2.21 bits per heavy atom. The Labute approximate surface area is 81.6 Å². The largest absolute Gasteiger partial charge is 0.397 e. The molecule has 2 N–H and O–H groups in total. The third kappa shape index (κ3) is 1.87. The average molecular weight is 224 g/mol. The van der Waals surface area contributed by atoms with Crippen LogP contribution in [0.15, 0.2) is 6.07 Å². The molecule has 0 fully saturated rings. The van der Waals surface area contributed by atoms with Gasteiger partial charge in [0.1, 0.15) is 5.02 Å². The van der Waals surface area contributed by atoms with Crippen LogP contribution in [0.3, 0.4) is 0 Å². The first-order valence-electron chi connectivity index (χ1n) is 3.32. The van der Waals surface area contributed by atoms with Gasteiger partial charge in [-0.05, 0) is 9.91 Å². The van der Waals surface area contributed by atoms with Crippen molar-refractivity contribution in [1.82, 2.24) is 4.98 Å². The van der Waals surface area contributed by atoms with E-state index >= 15 is 0 Å². The molecule has 0 saturated carbocycles. The Morgan fingerprint density at radius 3 is 2.64 bits per heavy atom. The Bertz CT molecular complexity index is 386. The van der Waals surface area contributed by atoms with Crippen LogP contribution in [0.5, 0.6) is 0 Å². The molecular formula is C6H4ClF2N3O2. The third-order valence-electron chi connectivity index (χ3n) is 1.39. The van der Waals surface area contributed by atoms with Gasteiger partial charge in [-0.1, -0.05) is 11.6 Å². The number of nitrogens with zero attached hydrogens (tertiary/aromatic N) is 2. The van der Waals surface area contributed by atoms with E-state index in [-0.39, 0.29) is 5.69 Å². The van der Waals surface area contributed by atoms with Crippen molar-refractivity contribution < 1.29 is 13.7 Å². The maximum absolute atomic E-state index is 12.2. The van der Waals surface area contributed by atoms with Gasteiger partial charge in [0.05, 0.1) is 11.8 Å². The zero-order valence-corrected chi connectivity index (χ0v) is 7.33. The highest BCUT2D eigenvalue weighted by molar-refractivity contribution is 6.33. The van der Waals surface area contributed by atoms with Crippen LogP contribution in [-0.2, 0) is 0 Å².